The Hall–Kier alpha value is -1.86. The number of nitrogens with zero attached hydrogens (tertiary/aromatic N) is 1. The third kappa shape index (κ3) is 4.11. The van der Waals surface area contributed by atoms with Crippen LogP contribution >= 0.6 is 12.2 Å². The molecule has 1 rings (SSSR count). The minimum absolute atomic E-state index is 0.549. The predicted octanol–water partition coefficient (Wildman–Crippen LogP) is 2.42. The molecule has 0 aliphatic carbocycles. The molecular weight excluding hydrogens is 218 g/mol. The second-order valence-electron chi connectivity index (χ2n) is 3.45. The van der Waals surface area contributed by atoms with Crippen LogP contribution < -0.4 is 10.6 Å². The molecule has 0 fully saturated rings. The second kappa shape index (κ2) is 5.89. The summed E-state index contributed by atoms with van der Waals surface area (Å²) in [5.74, 6) is 0. The number of hydrogen-bond acceptors (Lipinski definition) is 2. The summed E-state index contributed by atoms with van der Waals surface area (Å²) in [6.45, 7) is 6.35. The lowest BCUT2D eigenvalue weighted by Gasteiger charge is -2.10. The van der Waals surface area contributed by atoms with E-state index < -0.39 is 0 Å². The molecule has 82 valence electrons. The molecule has 1 aromatic rings. The first kappa shape index (κ1) is 12.2. The van der Waals surface area contributed by atoms with Crippen LogP contribution in [-0.2, 0) is 0 Å². The van der Waals surface area contributed by atoms with Crippen LogP contribution in [0.4, 0.5) is 5.69 Å². The Balaban J connectivity index is 2.50. The lowest BCUT2D eigenvalue weighted by atomic mass is 10.2. The quantitative estimate of drug-likeness (QED) is 0.619. The van der Waals surface area contributed by atoms with Crippen molar-refractivity contribution < 1.29 is 0 Å². The maximum absolute atomic E-state index is 8.64. The predicted molar refractivity (Wildman–Crippen MR) is 70.2 cm³/mol. The fourth-order valence-corrected chi connectivity index (χ4v) is 1.22. The van der Waals surface area contributed by atoms with E-state index in [1.54, 1.807) is 12.1 Å². The van der Waals surface area contributed by atoms with E-state index in [4.69, 9.17) is 17.5 Å². The molecule has 0 amide bonds. The zero-order valence-corrected chi connectivity index (χ0v) is 9.90. The van der Waals surface area contributed by atoms with Crippen molar-refractivity contribution >= 4 is 23.0 Å². The number of anilines is 1. The molecule has 2 N–H and O–H groups in total. The van der Waals surface area contributed by atoms with Gasteiger partial charge in [0.1, 0.15) is 0 Å². The Bertz CT molecular complexity index is 429. The van der Waals surface area contributed by atoms with E-state index in [0.717, 1.165) is 11.3 Å². The van der Waals surface area contributed by atoms with Crippen molar-refractivity contribution in [1.82, 2.24) is 5.32 Å². The van der Waals surface area contributed by atoms with Gasteiger partial charge >= 0.3 is 0 Å². The van der Waals surface area contributed by atoms with Crippen LogP contribution in [0, 0.1) is 11.3 Å². The Labute approximate surface area is 101 Å². The van der Waals surface area contributed by atoms with Gasteiger partial charge in [-0.3, -0.25) is 0 Å². The molecular formula is C12H13N3S. The van der Waals surface area contributed by atoms with Crippen LogP contribution in [0.5, 0.6) is 0 Å². The SMILES string of the molecule is C=C(C)CNC(=S)Nc1ccc(C#N)cc1. The molecule has 4 heteroatoms. The summed E-state index contributed by atoms with van der Waals surface area (Å²) >= 11 is 5.09. The van der Waals surface area contributed by atoms with Crippen LogP contribution in [0.2, 0.25) is 0 Å². The Morgan fingerprint density at radius 3 is 2.56 bits per heavy atom. The van der Waals surface area contributed by atoms with Gasteiger partial charge in [0.15, 0.2) is 5.11 Å². The minimum Gasteiger partial charge on any atom is -0.359 e. The first-order valence-electron chi connectivity index (χ1n) is 4.81. The van der Waals surface area contributed by atoms with E-state index in [0.29, 0.717) is 17.2 Å². The van der Waals surface area contributed by atoms with Gasteiger partial charge in [0.25, 0.3) is 0 Å². The number of nitriles is 1. The van der Waals surface area contributed by atoms with Gasteiger partial charge in [0.05, 0.1) is 11.6 Å². The molecule has 0 saturated carbocycles. The van der Waals surface area contributed by atoms with E-state index in [1.807, 2.05) is 19.1 Å². The molecule has 1 aromatic carbocycles. The molecule has 16 heavy (non-hydrogen) atoms. The smallest absolute Gasteiger partial charge is 0.171 e. The highest BCUT2D eigenvalue weighted by atomic mass is 32.1. The topological polar surface area (TPSA) is 47.8 Å². The average Bonchev–Trinajstić information content (AvgIpc) is 2.27. The lowest BCUT2D eigenvalue weighted by Crippen LogP contribution is -2.29. The Kier molecular flexibility index (Phi) is 4.49. The van der Waals surface area contributed by atoms with E-state index >= 15 is 0 Å². The molecule has 0 unspecified atom stereocenters. The van der Waals surface area contributed by atoms with Crippen molar-refractivity contribution in [3.8, 4) is 6.07 Å². The van der Waals surface area contributed by atoms with Gasteiger partial charge < -0.3 is 10.6 Å². The van der Waals surface area contributed by atoms with Gasteiger partial charge in [-0.05, 0) is 43.4 Å². The van der Waals surface area contributed by atoms with E-state index in [-0.39, 0.29) is 0 Å². The fourth-order valence-electron chi connectivity index (χ4n) is 1.03. The normalized spacial score (nSPS) is 9.00. The van der Waals surface area contributed by atoms with Crippen molar-refractivity contribution in [2.24, 2.45) is 0 Å². The number of thiocarbonyl (C=S) groups is 1. The zero-order valence-electron chi connectivity index (χ0n) is 9.08. The summed E-state index contributed by atoms with van der Waals surface area (Å²) in [5, 5.41) is 15.2. The third-order valence-corrected chi connectivity index (χ3v) is 2.07. The van der Waals surface area contributed by atoms with Crippen molar-refractivity contribution in [1.29, 1.82) is 5.26 Å². The largest absolute Gasteiger partial charge is 0.359 e. The molecule has 0 heterocycles. The van der Waals surface area contributed by atoms with Gasteiger partial charge in [0.2, 0.25) is 0 Å². The second-order valence-corrected chi connectivity index (χ2v) is 3.86. The summed E-state index contributed by atoms with van der Waals surface area (Å²) in [6, 6.07) is 9.16. The van der Waals surface area contributed by atoms with Gasteiger partial charge in [-0.2, -0.15) is 5.26 Å². The van der Waals surface area contributed by atoms with Crippen LogP contribution in [0.1, 0.15) is 12.5 Å². The summed E-state index contributed by atoms with van der Waals surface area (Å²) in [5.41, 5.74) is 2.51. The van der Waals surface area contributed by atoms with Gasteiger partial charge in [-0.1, -0.05) is 12.2 Å². The van der Waals surface area contributed by atoms with E-state index in [1.165, 1.54) is 0 Å². The van der Waals surface area contributed by atoms with Gasteiger partial charge in [0, 0.05) is 12.2 Å². The molecule has 0 saturated heterocycles. The maximum Gasteiger partial charge on any atom is 0.171 e. The Morgan fingerprint density at radius 1 is 1.44 bits per heavy atom. The summed E-state index contributed by atoms with van der Waals surface area (Å²) in [4.78, 5) is 0. The molecule has 0 aliphatic rings. The third-order valence-electron chi connectivity index (χ3n) is 1.82. The van der Waals surface area contributed by atoms with Crippen molar-refractivity contribution in [3.63, 3.8) is 0 Å². The Morgan fingerprint density at radius 2 is 2.06 bits per heavy atom. The zero-order chi connectivity index (χ0) is 12.0. The molecule has 3 nitrogen and oxygen atoms in total. The van der Waals surface area contributed by atoms with Gasteiger partial charge in [-0.15, -0.1) is 0 Å². The van der Waals surface area contributed by atoms with E-state index in [2.05, 4.69) is 23.3 Å². The summed E-state index contributed by atoms with van der Waals surface area (Å²) < 4.78 is 0. The van der Waals surface area contributed by atoms with Crippen LogP contribution in [-0.4, -0.2) is 11.7 Å². The van der Waals surface area contributed by atoms with E-state index in [9.17, 15) is 0 Å². The number of rotatable bonds is 3. The first-order valence-corrected chi connectivity index (χ1v) is 5.22. The van der Waals surface area contributed by atoms with Crippen molar-refractivity contribution in [2.75, 3.05) is 11.9 Å². The molecule has 0 radical (unpaired) electrons. The first-order chi connectivity index (χ1) is 7.61. The molecule has 0 bridgehead atoms. The highest BCUT2D eigenvalue weighted by Gasteiger charge is 1.97. The van der Waals surface area contributed by atoms with Crippen LogP contribution in [0.3, 0.4) is 0 Å². The maximum atomic E-state index is 8.64. The molecule has 0 aromatic heterocycles. The van der Waals surface area contributed by atoms with Crippen molar-refractivity contribution in [3.05, 3.63) is 42.0 Å². The highest BCUT2D eigenvalue weighted by molar-refractivity contribution is 7.80. The number of hydrogen-bond donors (Lipinski definition) is 2. The summed E-state index contributed by atoms with van der Waals surface area (Å²) in [6.07, 6.45) is 0. The monoisotopic (exact) mass is 231 g/mol. The van der Waals surface area contributed by atoms with Gasteiger partial charge in [-0.25, -0.2) is 0 Å². The average molecular weight is 231 g/mol. The fraction of sp³-hybridized carbons (Fsp3) is 0.167. The summed E-state index contributed by atoms with van der Waals surface area (Å²) in [7, 11) is 0. The molecule has 0 aliphatic heterocycles. The standard InChI is InChI=1S/C12H13N3S/c1-9(2)8-14-12(16)15-11-5-3-10(7-13)4-6-11/h3-6H,1,8H2,2H3,(H2,14,15,16). The highest BCUT2D eigenvalue weighted by Crippen LogP contribution is 2.08. The number of benzene rings is 1. The number of nitrogens with one attached hydrogen (secondary N) is 2. The lowest BCUT2D eigenvalue weighted by molar-refractivity contribution is 1.000. The van der Waals surface area contributed by atoms with Crippen molar-refractivity contribution in [2.45, 2.75) is 6.92 Å². The van der Waals surface area contributed by atoms with Crippen LogP contribution in [0.25, 0.3) is 0 Å². The minimum atomic E-state index is 0.549. The molecule has 0 atom stereocenters. The van der Waals surface area contributed by atoms with Crippen LogP contribution in [0.15, 0.2) is 36.4 Å². The molecule has 0 spiro atoms.